The largest absolute Gasteiger partial charge is 0.370 e. The van der Waals surface area contributed by atoms with Crippen LogP contribution in [0, 0.1) is 0 Å². The minimum absolute atomic E-state index is 0.0888. The summed E-state index contributed by atoms with van der Waals surface area (Å²) in [6.45, 7) is 2.07. The third kappa shape index (κ3) is 4.55. The van der Waals surface area contributed by atoms with E-state index in [1.54, 1.807) is 14.0 Å². The fraction of sp³-hybridized carbons (Fsp3) is 0.385. The Hall–Kier alpha value is -1.88. The fourth-order valence-corrected chi connectivity index (χ4v) is 1.65. The van der Waals surface area contributed by atoms with E-state index >= 15 is 0 Å². The standard InChI is InChI=1S/C13H20N4O/c1-9(18)12(16-2)7-10-3-5-11(6-4-10)8-17-13(14)15/h3-6,12,16H,7-8H2,1-2H3,(H4,14,15,17). The van der Waals surface area contributed by atoms with Crippen LogP contribution in [0.15, 0.2) is 29.3 Å². The number of benzene rings is 1. The molecule has 0 saturated heterocycles. The maximum absolute atomic E-state index is 11.3. The van der Waals surface area contributed by atoms with Gasteiger partial charge in [0.2, 0.25) is 0 Å². The van der Waals surface area contributed by atoms with Gasteiger partial charge in [-0.25, -0.2) is 4.99 Å². The monoisotopic (exact) mass is 248 g/mol. The molecule has 5 heteroatoms. The number of carbonyl (C=O) groups is 1. The molecule has 0 amide bonds. The van der Waals surface area contributed by atoms with Crippen molar-refractivity contribution in [3.8, 4) is 0 Å². The van der Waals surface area contributed by atoms with Gasteiger partial charge in [0.15, 0.2) is 5.96 Å². The lowest BCUT2D eigenvalue weighted by Gasteiger charge is -2.12. The molecule has 0 saturated carbocycles. The van der Waals surface area contributed by atoms with Gasteiger partial charge in [-0.3, -0.25) is 4.79 Å². The number of Topliss-reactive ketones (excluding diaryl/α,β-unsaturated/α-hetero) is 1. The molecule has 1 aromatic carbocycles. The van der Waals surface area contributed by atoms with Gasteiger partial charge in [-0.1, -0.05) is 24.3 Å². The molecule has 0 spiro atoms. The highest BCUT2D eigenvalue weighted by Gasteiger charge is 2.11. The Morgan fingerprint density at radius 3 is 2.28 bits per heavy atom. The summed E-state index contributed by atoms with van der Waals surface area (Å²) in [5.74, 6) is 0.230. The lowest BCUT2D eigenvalue weighted by atomic mass is 10.0. The molecular formula is C13H20N4O. The summed E-state index contributed by atoms with van der Waals surface area (Å²) in [7, 11) is 1.79. The van der Waals surface area contributed by atoms with Crippen molar-refractivity contribution < 1.29 is 4.79 Å². The van der Waals surface area contributed by atoms with Gasteiger partial charge in [0.1, 0.15) is 5.78 Å². The third-order valence-corrected chi connectivity index (χ3v) is 2.75. The van der Waals surface area contributed by atoms with Gasteiger partial charge in [-0.2, -0.15) is 0 Å². The molecule has 0 bridgehead atoms. The maximum atomic E-state index is 11.3. The zero-order valence-corrected chi connectivity index (χ0v) is 10.8. The molecule has 1 rings (SSSR count). The SMILES string of the molecule is CNC(Cc1ccc(CN=C(N)N)cc1)C(C)=O. The number of hydrogen-bond acceptors (Lipinski definition) is 3. The number of aliphatic imine (C=N–C) groups is 1. The van der Waals surface area contributed by atoms with E-state index in [1.807, 2.05) is 24.3 Å². The first kappa shape index (κ1) is 14.2. The topological polar surface area (TPSA) is 93.5 Å². The van der Waals surface area contributed by atoms with E-state index in [1.165, 1.54) is 0 Å². The summed E-state index contributed by atoms with van der Waals surface area (Å²) in [5, 5.41) is 3.00. The quantitative estimate of drug-likeness (QED) is 0.494. The smallest absolute Gasteiger partial charge is 0.186 e. The number of rotatable bonds is 6. The molecule has 1 unspecified atom stereocenters. The first-order valence-electron chi connectivity index (χ1n) is 5.84. The average molecular weight is 248 g/mol. The molecule has 0 aromatic heterocycles. The van der Waals surface area contributed by atoms with Crippen LogP contribution in [0.5, 0.6) is 0 Å². The number of carbonyl (C=O) groups excluding carboxylic acids is 1. The number of likely N-dealkylation sites (N-methyl/N-ethyl adjacent to an activating group) is 1. The van der Waals surface area contributed by atoms with Crippen LogP contribution in [0.2, 0.25) is 0 Å². The van der Waals surface area contributed by atoms with Gasteiger partial charge in [0.25, 0.3) is 0 Å². The normalized spacial score (nSPS) is 11.9. The molecule has 1 aromatic rings. The van der Waals surface area contributed by atoms with Crippen molar-refractivity contribution in [3.63, 3.8) is 0 Å². The molecule has 1 atom stereocenters. The van der Waals surface area contributed by atoms with Gasteiger partial charge < -0.3 is 16.8 Å². The van der Waals surface area contributed by atoms with E-state index in [2.05, 4.69) is 10.3 Å². The summed E-state index contributed by atoms with van der Waals surface area (Å²) < 4.78 is 0. The van der Waals surface area contributed by atoms with E-state index in [0.29, 0.717) is 13.0 Å². The van der Waals surface area contributed by atoms with E-state index in [4.69, 9.17) is 11.5 Å². The van der Waals surface area contributed by atoms with Crippen LogP contribution in [0.25, 0.3) is 0 Å². The van der Waals surface area contributed by atoms with Gasteiger partial charge in [-0.05, 0) is 31.5 Å². The van der Waals surface area contributed by atoms with Gasteiger partial charge in [0.05, 0.1) is 12.6 Å². The number of nitrogens with zero attached hydrogens (tertiary/aromatic N) is 1. The zero-order chi connectivity index (χ0) is 13.5. The van der Waals surface area contributed by atoms with E-state index in [-0.39, 0.29) is 17.8 Å². The van der Waals surface area contributed by atoms with Gasteiger partial charge >= 0.3 is 0 Å². The Bertz CT molecular complexity index is 421. The van der Waals surface area contributed by atoms with Gasteiger partial charge in [0, 0.05) is 0 Å². The van der Waals surface area contributed by atoms with Crippen LogP contribution in [0.1, 0.15) is 18.1 Å². The molecule has 0 aliphatic carbocycles. The van der Waals surface area contributed by atoms with Crippen molar-refractivity contribution in [3.05, 3.63) is 35.4 Å². The third-order valence-electron chi connectivity index (χ3n) is 2.75. The van der Waals surface area contributed by atoms with Crippen molar-refractivity contribution in [2.45, 2.75) is 25.9 Å². The van der Waals surface area contributed by atoms with Crippen LogP contribution in [-0.2, 0) is 17.8 Å². The number of guanidine groups is 1. The minimum Gasteiger partial charge on any atom is -0.370 e. The predicted octanol–water partition coefficient (Wildman–Crippen LogP) is 0.180. The van der Waals surface area contributed by atoms with Crippen molar-refractivity contribution in [2.24, 2.45) is 16.5 Å². The maximum Gasteiger partial charge on any atom is 0.186 e. The van der Waals surface area contributed by atoms with Crippen molar-refractivity contribution >= 4 is 11.7 Å². The molecule has 5 nitrogen and oxygen atoms in total. The molecular weight excluding hydrogens is 228 g/mol. The fourth-order valence-electron chi connectivity index (χ4n) is 1.65. The average Bonchev–Trinajstić information content (AvgIpc) is 2.34. The highest BCUT2D eigenvalue weighted by molar-refractivity contribution is 5.81. The van der Waals surface area contributed by atoms with E-state index in [0.717, 1.165) is 11.1 Å². The lowest BCUT2D eigenvalue weighted by Crippen LogP contribution is -2.34. The molecule has 0 radical (unpaired) electrons. The minimum atomic E-state index is -0.131. The zero-order valence-electron chi connectivity index (χ0n) is 10.8. The Labute approximate surface area is 107 Å². The molecule has 0 heterocycles. The summed E-state index contributed by atoms with van der Waals surface area (Å²) in [6.07, 6.45) is 0.689. The van der Waals surface area contributed by atoms with Crippen molar-refractivity contribution in [1.29, 1.82) is 0 Å². The van der Waals surface area contributed by atoms with Crippen LogP contribution < -0.4 is 16.8 Å². The number of nitrogens with two attached hydrogens (primary N) is 2. The second-order valence-corrected chi connectivity index (χ2v) is 4.21. The van der Waals surface area contributed by atoms with Crippen LogP contribution >= 0.6 is 0 Å². The van der Waals surface area contributed by atoms with Crippen molar-refractivity contribution in [2.75, 3.05) is 7.05 Å². The first-order valence-corrected chi connectivity index (χ1v) is 5.84. The Morgan fingerprint density at radius 2 is 1.83 bits per heavy atom. The predicted molar refractivity (Wildman–Crippen MR) is 73.2 cm³/mol. The summed E-state index contributed by atoms with van der Waals surface area (Å²) >= 11 is 0. The molecule has 5 N–H and O–H groups in total. The first-order chi connectivity index (χ1) is 8.52. The van der Waals surface area contributed by atoms with Gasteiger partial charge in [-0.15, -0.1) is 0 Å². The second kappa shape index (κ2) is 6.76. The summed E-state index contributed by atoms with van der Waals surface area (Å²) in [6, 6.07) is 7.78. The number of hydrogen-bond donors (Lipinski definition) is 3. The van der Waals surface area contributed by atoms with Crippen LogP contribution in [-0.4, -0.2) is 24.8 Å². The van der Waals surface area contributed by atoms with E-state index in [9.17, 15) is 4.79 Å². The summed E-state index contributed by atoms with van der Waals surface area (Å²) in [4.78, 5) is 15.3. The molecule has 0 aliphatic heterocycles. The number of ketones is 1. The Balaban J connectivity index is 2.65. The summed E-state index contributed by atoms with van der Waals surface area (Å²) in [5.41, 5.74) is 12.7. The molecule has 18 heavy (non-hydrogen) atoms. The highest BCUT2D eigenvalue weighted by atomic mass is 16.1. The second-order valence-electron chi connectivity index (χ2n) is 4.21. The van der Waals surface area contributed by atoms with Crippen LogP contribution in [0.3, 0.4) is 0 Å². The van der Waals surface area contributed by atoms with E-state index < -0.39 is 0 Å². The molecule has 0 fully saturated rings. The molecule has 0 aliphatic rings. The Morgan fingerprint density at radius 1 is 1.28 bits per heavy atom. The lowest BCUT2D eigenvalue weighted by molar-refractivity contribution is -0.118. The van der Waals surface area contributed by atoms with Crippen molar-refractivity contribution in [1.82, 2.24) is 5.32 Å². The Kier molecular flexibility index (Phi) is 5.32. The highest BCUT2D eigenvalue weighted by Crippen LogP contribution is 2.08. The van der Waals surface area contributed by atoms with Crippen LogP contribution in [0.4, 0.5) is 0 Å². The molecule has 98 valence electrons. The number of nitrogens with one attached hydrogen (secondary N) is 1.